The fourth-order valence-electron chi connectivity index (χ4n) is 2.23. The van der Waals surface area contributed by atoms with E-state index in [9.17, 15) is 18.0 Å². The smallest absolute Gasteiger partial charge is 0.323 e. The number of carboxylic acids is 1. The third-order valence-corrected chi connectivity index (χ3v) is 5.15. The van der Waals surface area contributed by atoms with Crippen LogP contribution in [0.3, 0.4) is 0 Å². The van der Waals surface area contributed by atoms with Crippen LogP contribution >= 0.6 is 11.6 Å². The number of carbonyl (C=O) groups excluding carboxylic acids is 1. The molecule has 114 valence electrons. The quantitative estimate of drug-likeness (QED) is 0.803. The fraction of sp³-hybridized carbons (Fsp3) is 0.417. The Morgan fingerprint density at radius 3 is 2.71 bits per heavy atom. The second-order valence-corrected chi connectivity index (χ2v) is 7.37. The Labute approximate surface area is 126 Å². The second-order valence-electron chi connectivity index (χ2n) is 4.75. The van der Waals surface area contributed by atoms with Crippen LogP contribution in [0.4, 0.5) is 0 Å². The molecule has 0 spiro atoms. The average molecular weight is 333 g/mol. The minimum Gasteiger partial charge on any atom is -0.480 e. The maximum Gasteiger partial charge on any atom is 0.323 e. The van der Waals surface area contributed by atoms with Gasteiger partial charge in [0.05, 0.1) is 11.5 Å². The van der Waals surface area contributed by atoms with Crippen molar-refractivity contribution in [3.63, 3.8) is 0 Å². The van der Waals surface area contributed by atoms with Crippen LogP contribution in [0.5, 0.6) is 0 Å². The van der Waals surface area contributed by atoms with E-state index in [0.717, 1.165) is 4.90 Å². The van der Waals surface area contributed by atoms with Gasteiger partial charge >= 0.3 is 5.97 Å². The van der Waals surface area contributed by atoms with Gasteiger partial charge in [0.2, 0.25) is 0 Å². The van der Waals surface area contributed by atoms with E-state index in [1.165, 1.54) is 18.3 Å². The first-order valence-corrected chi connectivity index (χ1v) is 8.33. The van der Waals surface area contributed by atoms with Crippen molar-refractivity contribution in [3.05, 3.63) is 29.0 Å². The van der Waals surface area contributed by atoms with Crippen molar-refractivity contribution in [2.75, 3.05) is 18.1 Å². The number of hydrogen-bond acceptors (Lipinski definition) is 5. The van der Waals surface area contributed by atoms with Crippen LogP contribution in [-0.2, 0) is 14.6 Å². The molecule has 1 aromatic rings. The first-order valence-electron chi connectivity index (χ1n) is 6.13. The Bertz CT molecular complexity index is 676. The summed E-state index contributed by atoms with van der Waals surface area (Å²) in [4.78, 5) is 28.2. The lowest BCUT2D eigenvalue weighted by Crippen LogP contribution is -2.44. The number of hydrogen-bond donors (Lipinski definition) is 1. The normalized spacial score (nSPS) is 20.1. The van der Waals surface area contributed by atoms with Gasteiger partial charge in [0.15, 0.2) is 9.84 Å². The van der Waals surface area contributed by atoms with Crippen molar-refractivity contribution < 1.29 is 23.1 Å². The molecule has 0 saturated carbocycles. The van der Waals surface area contributed by atoms with Gasteiger partial charge in [-0.25, -0.2) is 13.4 Å². The Morgan fingerprint density at radius 2 is 2.19 bits per heavy atom. The molecule has 9 heteroatoms. The predicted molar refractivity (Wildman–Crippen MR) is 75.0 cm³/mol. The van der Waals surface area contributed by atoms with Crippen LogP contribution in [0, 0.1) is 0 Å². The van der Waals surface area contributed by atoms with Gasteiger partial charge in [-0.3, -0.25) is 9.59 Å². The molecule has 0 bridgehead atoms. The van der Waals surface area contributed by atoms with Crippen molar-refractivity contribution in [1.29, 1.82) is 0 Å². The maximum absolute atomic E-state index is 12.4. The summed E-state index contributed by atoms with van der Waals surface area (Å²) in [5.41, 5.74) is 0.181. The molecule has 0 aromatic carbocycles. The largest absolute Gasteiger partial charge is 0.480 e. The highest BCUT2D eigenvalue weighted by atomic mass is 35.5. The topological polar surface area (TPSA) is 105 Å². The molecule has 0 aliphatic carbocycles. The van der Waals surface area contributed by atoms with Crippen LogP contribution < -0.4 is 0 Å². The molecular weight excluding hydrogens is 320 g/mol. The van der Waals surface area contributed by atoms with E-state index in [0.29, 0.717) is 0 Å². The van der Waals surface area contributed by atoms with E-state index in [-0.39, 0.29) is 28.6 Å². The van der Waals surface area contributed by atoms with Gasteiger partial charge in [-0.2, -0.15) is 0 Å². The van der Waals surface area contributed by atoms with Crippen molar-refractivity contribution in [1.82, 2.24) is 9.88 Å². The predicted octanol–water partition coefficient (Wildman–Crippen LogP) is 0.449. The molecule has 2 heterocycles. The highest BCUT2D eigenvalue weighted by Crippen LogP contribution is 2.20. The lowest BCUT2D eigenvalue weighted by Gasteiger charge is -2.26. The van der Waals surface area contributed by atoms with E-state index < -0.39 is 34.3 Å². The van der Waals surface area contributed by atoms with Crippen molar-refractivity contribution in [2.45, 2.75) is 12.5 Å². The Morgan fingerprint density at radius 1 is 1.48 bits per heavy atom. The van der Waals surface area contributed by atoms with Crippen molar-refractivity contribution in [2.24, 2.45) is 0 Å². The number of amides is 1. The monoisotopic (exact) mass is 332 g/mol. The molecule has 1 atom stereocenters. The van der Waals surface area contributed by atoms with Crippen molar-refractivity contribution in [3.8, 4) is 0 Å². The Balaban J connectivity index is 2.28. The van der Waals surface area contributed by atoms with Gasteiger partial charge in [0.25, 0.3) is 5.91 Å². The number of aliphatic carboxylic acids is 1. The highest BCUT2D eigenvalue weighted by Gasteiger charge is 2.36. The van der Waals surface area contributed by atoms with Gasteiger partial charge in [-0.1, -0.05) is 11.6 Å². The molecule has 1 amide bonds. The second kappa shape index (κ2) is 5.98. The molecule has 1 aromatic heterocycles. The third kappa shape index (κ3) is 3.92. The summed E-state index contributed by atoms with van der Waals surface area (Å²) in [6.45, 7) is -0.557. The van der Waals surface area contributed by atoms with Crippen molar-refractivity contribution >= 4 is 33.3 Å². The van der Waals surface area contributed by atoms with Gasteiger partial charge in [0.1, 0.15) is 11.7 Å². The number of nitrogens with zero attached hydrogens (tertiary/aromatic N) is 2. The number of pyridine rings is 1. The van der Waals surface area contributed by atoms with Gasteiger partial charge in [0, 0.05) is 17.8 Å². The molecule has 2 rings (SSSR count). The molecule has 1 aliphatic rings. The summed E-state index contributed by atoms with van der Waals surface area (Å²) in [5, 5.41) is 9.05. The summed E-state index contributed by atoms with van der Waals surface area (Å²) >= 11 is 5.71. The van der Waals surface area contributed by atoms with Gasteiger partial charge < -0.3 is 10.0 Å². The molecule has 1 saturated heterocycles. The summed E-state index contributed by atoms with van der Waals surface area (Å²) in [6.07, 6.45) is 1.57. The summed E-state index contributed by atoms with van der Waals surface area (Å²) in [6, 6.07) is 2.10. The molecule has 1 N–H and O–H groups in total. The molecule has 1 aliphatic heterocycles. The highest BCUT2D eigenvalue weighted by molar-refractivity contribution is 7.91. The van der Waals surface area contributed by atoms with Crippen LogP contribution in [0.1, 0.15) is 16.8 Å². The third-order valence-electron chi connectivity index (χ3n) is 3.19. The number of rotatable bonds is 4. The molecular formula is C12H13ClN2O5S. The molecule has 7 nitrogen and oxygen atoms in total. The molecule has 1 fully saturated rings. The number of carboxylic acid groups (broad SMARTS) is 1. The minimum atomic E-state index is -3.23. The van der Waals surface area contributed by atoms with Crippen LogP contribution in [0.25, 0.3) is 0 Å². The zero-order valence-corrected chi connectivity index (χ0v) is 12.5. The lowest BCUT2D eigenvalue weighted by atomic mass is 10.1. The van der Waals surface area contributed by atoms with Gasteiger partial charge in [-0.15, -0.1) is 0 Å². The zero-order valence-electron chi connectivity index (χ0n) is 10.9. The zero-order chi connectivity index (χ0) is 15.6. The molecule has 21 heavy (non-hydrogen) atoms. The van der Waals surface area contributed by atoms with Crippen LogP contribution in [0.2, 0.25) is 5.15 Å². The SMILES string of the molecule is O=C(O)CN(C(=O)c1ccnc(Cl)c1)C1CCS(=O)(=O)C1. The Hall–Kier alpha value is -1.67. The standard InChI is InChI=1S/C12H13ClN2O5S/c13-10-5-8(1-3-14-10)12(18)15(6-11(16)17)9-2-4-21(19,20)7-9/h1,3,5,9H,2,4,6-7H2,(H,16,17). The summed E-state index contributed by atoms with van der Waals surface area (Å²) in [7, 11) is -3.23. The van der Waals surface area contributed by atoms with Crippen LogP contribution in [0.15, 0.2) is 18.3 Å². The average Bonchev–Trinajstić information content (AvgIpc) is 2.75. The van der Waals surface area contributed by atoms with E-state index in [4.69, 9.17) is 16.7 Å². The summed E-state index contributed by atoms with van der Waals surface area (Å²) < 4.78 is 23.1. The van der Waals surface area contributed by atoms with E-state index in [2.05, 4.69) is 4.98 Å². The van der Waals surface area contributed by atoms with E-state index in [1.54, 1.807) is 0 Å². The maximum atomic E-state index is 12.4. The number of sulfone groups is 1. The first kappa shape index (κ1) is 15.7. The molecule has 1 unspecified atom stereocenters. The number of halogens is 1. The van der Waals surface area contributed by atoms with E-state index >= 15 is 0 Å². The number of aromatic nitrogens is 1. The minimum absolute atomic E-state index is 0.0435. The fourth-order valence-corrected chi connectivity index (χ4v) is 4.14. The van der Waals surface area contributed by atoms with Gasteiger partial charge in [-0.05, 0) is 18.6 Å². The Kier molecular flexibility index (Phi) is 4.48. The summed E-state index contributed by atoms with van der Waals surface area (Å²) in [5.74, 6) is -2.03. The number of carbonyl (C=O) groups is 2. The molecule has 0 radical (unpaired) electrons. The first-order chi connectivity index (χ1) is 9.78. The van der Waals surface area contributed by atoms with E-state index in [1.807, 2.05) is 0 Å². The lowest BCUT2D eigenvalue weighted by molar-refractivity contribution is -0.138. The van der Waals surface area contributed by atoms with Crippen LogP contribution in [-0.4, -0.2) is 59.4 Å².